The van der Waals surface area contributed by atoms with Gasteiger partial charge in [0.1, 0.15) is 0 Å². The fourth-order valence-electron chi connectivity index (χ4n) is 0.906. The molecule has 2 N–H and O–H groups in total. The molecular formula is C10H6O8. The predicted molar refractivity (Wildman–Crippen MR) is 53.0 cm³/mol. The van der Waals surface area contributed by atoms with E-state index in [0.29, 0.717) is 0 Å². The largest absolute Gasteiger partial charge is 0.473 e. The summed E-state index contributed by atoms with van der Waals surface area (Å²) < 4.78 is 8.76. The molecule has 0 bridgehead atoms. The smallest absolute Gasteiger partial charge is 0.422 e. The van der Waals surface area contributed by atoms with E-state index in [2.05, 4.69) is 9.47 Å². The number of esters is 2. The second kappa shape index (κ2) is 5.43. The van der Waals surface area contributed by atoms with Gasteiger partial charge in [-0.05, 0) is 12.1 Å². The summed E-state index contributed by atoms with van der Waals surface area (Å²) in [6, 6.07) is 5.04. The van der Waals surface area contributed by atoms with E-state index in [1.54, 1.807) is 0 Å². The molecule has 0 spiro atoms. The summed E-state index contributed by atoms with van der Waals surface area (Å²) in [5, 5.41) is 16.7. The van der Waals surface area contributed by atoms with Gasteiger partial charge in [0, 0.05) is 0 Å². The molecule has 0 aliphatic carbocycles. The molecule has 0 heterocycles. The van der Waals surface area contributed by atoms with Crippen molar-refractivity contribution in [3.63, 3.8) is 0 Å². The zero-order valence-electron chi connectivity index (χ0n) is 8.65. The summed E-state index contributed by atoms with van der Waals surface area (Å²) >= 11 is 0. The molecule has 0 radical (unpaired) electrons. The quantitative estimate of drug-likeness (QED) is 0.417. The summed E-state index contributed by atoms with van der Waals surface area (Å²) in [6.07, 6.45) is 0. The minimum absolute atomic E-state index is 0.375. The van der Waals surface area contributed by atoms with Gasteiger partial charge in [-0.3, -0.25) is 0 Å². The maximum Gasteiger partial charge on any atom is 0.422 e. The summed E-state index contributed by atoms with van der Waals surface area (Å²) in [5.41, 5.74) is 0. The molecule has 1 aromatic rings. The Kier molecular flexibility index (Phi) is 3.98. The summed E-state index contributed by atoms with van der Waals surface area (Å²) in [6.45, 7) is 0. The van der Waals surface area contributed by atoms with Crippen molar-refractivity contribution in [2.45, 2.75) is 0 Å². The number of rotatable bonds is 2. The molecule has 0 aliphatic heterocycles. The molecule has 0 saturated heterocycles. The molecule has 8 heteroatoms. The van der Waals surface area contributed by atoms with E-state index in [1.165, 1.54) is 12.1 Å². The van der Waals surface area contributed by atoms with Crippen LogP contribution in [0.25, 0.3) is 0 Å². The number of carbonyl (C=O) groups is 4. The fraction of sp³-hybridized carbons (Fsp3) is 0. The Bertz CT molecular complexity index is 471. The first-order chi connectivity index (χ1) is 8.41. The van der Waals surface area contributed by atoms with Crippen LogP contribution >= 0.6 is 0 Å². The van der Waals surface area contributed by atoms with Gasteiger partial charge in [0.05, 0.1) is 0 Å². The van der Waals surface area contributed by atoms with E-state index >= 15 is 0 Å². The average Bonchev–Trinajstić information content (AvgIpc) is 2.31. The first-order valence-electron chi connectivity index (χ1n) is 4.41. The van der Waals surface area contributed by atoms with Crippen LogP contribution in [-0.2, 0) is 19.2 Å². The van der Waals surface area contributed by atoms with E-state index < -0.39 is 23.9 Å². The second-order valence-corrected chi connectivity index (χ2v) is 2.84. The van der Waals surface area contributed by atoms with Gasteiger partial charge in [0.2, 0.25) is 0 Å². The number of carboxylic acids is 2. The standard InChI is InChI=1S/C10H6O8/c11-7(12)9(15)17-5-3-1-2-4-6(5)18-10(16)8(13)14/h1-4H,(H,11,12)(H,13,14). The minimum atomic E-state index is -1.84. The SMILES string of the molecule is O=C(O)C(=O)Oc1ccccc1OC(=O)C(=O)O. The number of hydrogen-bond acceptors (Lipinski definition) is 6. The Balaban J connectivity index is 2.93. The maximum atomic E-state index is 10.8. The molecule has 1 rings (SSSR count). The summed E-state index contributed by atoms with van der Waals surface area (Å²) in [4.78, 5) is 42.1. The van der Waals surface area contributed by atoms with Gasteiger partial charge in [-0.15, -0.1) is 0 Å². The van der Waals surface area contributed by atoms with E-state index in [9.17, 15) is 19.2 Å². The van der Waals surface area contributed by atoms with Crippen LogP contribution in [0.3, 0.4) is 0 Å². The monoisotopic (exact) mass is 254 g/mol. The van der Waals surface area contributed by atoms with Crippen molar-refractivity contribution in [2.24, 2.45) is 0 Å². The van der Waals surface area contributed by atoms with Gasteiger partial charge in [0.15, 0.2) is 11.5 Å². The van der Waals surface area contributed by atoms with E-state index in [4.69, 9.17) is 10.2 Å². The highest BCUT2D eigenvalue weighted by Gasteiger charge is 2.20. The molecular weight excluding hydrogens is 248 g/mol. The highest BCUT2D eigenvalue weighted by Crippen LogP contribution is 2.26. The number of benzene rings is 1. The fourth-order valence-corrected chi connectivity index (χ4v) is 0.906. The van der Waals surface area contributed by atoms with E-state index in [1.807, 2.05) is 0 Å². The van der Waals surface area contributed by atoms with Crippen LogP contribution in [-0.4, -0.2) is 34.1 Å². The van der Waals surface area contributed by atoms with Gasteiger partial charge in [-0.1, -0.05) is 12.1 Å². The molecule has 0 saturated carbocycles. The van der Waals surface area contributed by atoms with E-state index in [-0.39, 0.29) is 11.5 Å². The molecule has 8 nitrogen and oxygen atoms in total. The molecule has 94 valence electrons. The highest BCUT2D eigenvalue weighted by molar-refractivity contribution is 6.30. The van der Waals surface area contributed by atoms with Crippen LogP contribution < -0.4 is 9.47 Å². The molecule has 0 fully saturated rings. The van der Waals surface area contributed by atoms with Crippen LogP contribution in [0.4, 0.5) is 0 Å². The third-order valence-corrected chi connectivity index (χ3v) is 1.60. The minimum Gasteiger partial charge on any atom is -0.473 e. The third kappa shape index (κ3) is 3.30. The van der Waals surface area contributed by atoms with Gasteiger partial charge < -0.3 is 19.7 Å². The summed E-state index contributed by atoms with van der Waals surface area (Å²) in [5.74, 6) is -7.61. The lowest BCUT2D eigenvalue weighted by molar-refractivity contribution is -0.159. The number of carboxylic acid groups (broad SMARTS) is 2. The topological polar surface area (TPSA) is 127 Å². The van der Waals surface area contributed by atoms with Crippen molar-refractivity contribution >= 4 is 23.9 Å². The van der Waals surface area contributed by atoms with Gasteiger partial charge in [0.25, 0.3) is 0 Å². The molecule has 0 unspecified atom stereocenters. The summed E-state index contributed by atoms with van der Waals surface area (Å²) in [7, 11) is 0. The van der Waals surface area contributed by atoms with E-state index in [0.717, 1.165) is 12.1 Å². The van der Waals surface area contributed by atoms with Gasteiger partial charge in [-0.2, -0.15) is 0 Å². The third-order valence-electron chi connectivity index (χ3n) is 1.60. The van der Waals surface area contributed by atoms with Crippen molar-refractivity contribution in [3.05, 3.63) is 24.3 Å². The molecule has 18 heavy (non-hydrogen) atoms. The molecule has 0 amide bonds. The van der Waals surface area contributed by atoms with Crippen LogP contribution in [0.2, 0.25) is 0 Å². The lowest BCUT2D eigenvalue weighted by Gasteiger charge is -2.07. The number of carbonyl (C=O) groups excluding carboxylic acids is 2. The Morgan fingerprint density at radius 2 is 1.11 bits per heavy atom. The number of ether oxygens (including phenoxy) is 2. The van der Waals surface area contributed by atoms with Crippen LogP contribution in [0.5, 0.6) is 11.5 Å². The zero-order chi connectivity index (χ0) is 13.7. The van der Waals surface area contributed by atoms with Gasteiger partial charge >= 0.3 is 23.9 Å². The molecule has 0 aromatic heterocycles. The Hall–Kier alpha value is -2.90. The van der Waals surface area contributed by atoms with Crippen LogP contribution in [0, 0.1) is 0 Å². The maximum absolute atomic E-state index is 10.8. The molecule has 1 aromatic carbocycles. The van der Waals surface area contributed by atoms with Crippen LogP contribution in [0.1, 0.15) is 0 Å². The normalized spacial score (nSPS) is 9.33. The lowest BCUT2D eigenvalue weighted by atomic mass is 10.3. The Morgan fingerprint density at radius 1 is 0.778 bits per heavy atom. The highest BCUT2D eigenvalue weighted by atomic mass is 16.6. The second-order valence-electron chi connectivity index (χ2n) is 2.84. The van der Waals surface area contributed by atoms with Crippen LogP contribution in [0.15, 0.2) is 24.3 Å². The zero-order valence-corrected chi connectivity index (χ0v) is 8.65. The van der Waals surface area contributed by atoms with Crippen molar-refractivity contribution in [2.75, 3.05) is 0 Å². The molecule has 0 atom stereocenters. The number of hydrogen-bond donors (Lipinski definition) is 2. The first-order valence-corrected chi connectivity index (χ1v) is 4.41. The van der Waals surface area contributed by atoms with Crippen molar-refractivity contribution in [1.82, 2.24) is 0 Å². The van der Waals surface area contributed by atoms with Crippen molar-refractivity contribution in [3.8, 4) is 11.5 Å². The number of para-hydroxylation sites is 2. The van der Waals surface area contributed by atoms with Gasteiger partial charge in [-0.25, -0.2) is 19.2 Å². The Labute approximate surface area is 99.4 Å². The Morgan fingerprint density at radius 3 is 1.39 bits per heavy atom. The first kappa shape index (κ1) is 13.2. The predicted octanol–water partition coefficient (Wildman–Crippen LogP) is -0.333. The number of aliphatic carboxylic acids is 2. The lowest BCUT2D eigenvalue weighted by Crippen LogP contribution is -2.22. The van der Waals surface area contributed by atoms with Crippen molar-refractivity contribution < 1.29 is 38.9 Å². The van der Waals surface area contributed by atoms with Crippen molar-refractivity contribution in [1.29, 1.82) is 0 Å². The average molecular weight is 254 g/mol. The molecule has 0 aliphatic rings.